The number of aromatic nitrogens is 2. The van der Waals surface area contributed by atoms with Crippen LogP contribution in [0.3, 0.4) is 0 Å². The highest BCUT2D eigenvalue weighted by molar-refractivity contribution is 6.13. The Bertz CT molecular complexity index is 9310. The van der Waals surface area contributed by atoms with E-state index < -0.39 is 0 Å². The molecule has 4 aromatic heterocycles. The second-order valence-electron chi connectivity index (χ2n) is 39.0. The lowest BCUT2D eigenvalue weighted by Crippen LogP contribution is -2.16. The zero-order valence-electron chi connectivity index (χ0n) is 80.8. The van der Waals surface area contributed by atoms with Crippen molar-refractivity contribution in [3.63, 3.8) is 0 Å². The third kappa shape index (κ3) is 15.4. The maximum Gasteiger partial charge on any atom is 0.143 e. The van der Waals surface area contributed by atoms with Gasteiger partial charge in [0.05, 0.1) is 22.1 Å². The smallest absolute Gasteiger partial charge is 0.143 e. The zero-order valence-corrected chi connectivity index (χ0v) is 80.8. The Labute approximate surface area is 843 Å². The number of hydrogen-bond acceptors (Lipinski definition) is 5. The van der Waals surface area contributed by atoms with Gasteiger partial charge in [-0.2, -0.15) is 0 Å². The quantitative estimate of drug-likeness (QED) is 0.0965. The Morgan fingerprint density at radius 2 is 0.441 bits per heavy atom. The highest BCUT2D eigenvalue weighted by Crippen LogP contribution is 2.54. The summed E-state index contributed by atoms with van der Waals surface area (Å²) in [4.78, 5) is 7.05. The number of nitrogens with zero attached hydrogens (tertiary/aromatic N) is 5. The van der Waals surface area contributed by atoms with Gasteiger partial charge in [-0.1, -0.05) is 380 Å². The van der Waals surface area contributed by atoms with Crippen molar-refractivity contribution in [2.24, 2.45) is 0 Å². The van der Waals surface area contributed by atoms with E-state index in [1.807, 2.05) is 24.3 Å². The molecule has 0 saturated carbocycles. The molecule has 2 aliphatic rings. The third-order valence-corrected chi connectivity index (χ3v) is 29.9. The van der Waals surface area contributed by atoms with Gasteiger partial charge in [-0.25, -0.2) is 0 Å². The van der Waals surface area contributed by atoms with Crippen LogP contribution in [0.5, 0.6) is 0 Å². The van der Waals surface area contributed by atoms with Crippen LogP contribution in [-0.4, -0.2) is 9.13 Å². The van der Waals surface area contributed by atoms with Crippen LogP contribution in [0.25, 0.3) is 177 Å². The molecule has 0 atom stereocenters. The van der Waals surface area contributed by atoms with Gasteiger partial charge in [-0.3, -0.25) is 0 Å². The highest BCUT2D eigenvalue weighted by atomic mass is 16.3. The molecule has 22 aromatic carbocycles. The van der Waals surface area contributed by atoms with Gasteiger partial charge in [0.2, 0.25) is 0 Å². The normalized spacial score (nSPS) is 12.5. The molecule has 0 spiro atoms. The van der Waals surface area contributed by atoms with Gasteiger partial charge in [0, 0.05) is 128 Å². The Morgan fingerprint density at radius 3 is 0.869 bits per heavy atom. The van der Waals surface area contributed by atoms with E-state index in [0.717, 1.165) is 118 Å². The average Bonchev–Trinajstić information content (AvgIpc) is 1.87. The van der Waals surface area contributed by atoms with E-state index in [2.05, 4.69) is 555 Å². The summed E-state index contributed by atoms with van der Waals surface area (Å²) in [6.07, 6.45) is 0. The number of para-hydroxylation sites is 8. The van der Waals surface area contributed by atoms with Crippen LogP contribution in [0.15, 0.2) is 537 Å². The lowest BCUT2D eigenvalue weighted by molar-refractivity contribution is 0.660. The summed E-state index contributed by atoms with van der Waals surface area (Å²) >= 11 is 0. The van der Waals surface area contributed by atoms with E-state index >= 15 is 0 Å². The minimum atomic E-state index is -0.0873. The lowest BCUT2D eigenvalue weighted by Gasteiger charge is -2.28. The minimum absolute atomic E-state index is 0.0834. The lowest BCUT2D eigenvalue weighted by atomic mass is 9.82. The van der Waals surface area contributed by atoms with Gasteiger partial charge in [0.1, 0.15) is 22.3 Å². The summed E-state index contributed by atoms with van der Waals surface area (Å²) in [7, 11) is 0. The molecule has 0 fully saturated rings. The van der Waals surface area contributed by atoms with Gasteiger partial charge in [-0.05, 0) is 264 Å². The van der Waals surface area contributed by atoms with Crippen LogP contribution in [0.2, 0.25) is 0 Å². The van der Waals surface area contributed by atoms with Crippen LogP contribution in [0.4, 0.5) is 51.2 Å². The molecule has 0 aliphatic heterocycles. The fourth-order valence-electron chi connectivity index (χ4n) is 22.7. The molecule has 0 amide bonds. The molecule has 4 heterocycles. The second kappa shape index (κ2) is 36.0. The first-order valence-corrected chi connectivity index (χ1v) is 50.0. The topological polar surface area (TPSA) is 45.9 Å². The van der Waals surface area contributed by atoms with Gasteiger partial charge in [0.25, 0.3) is 0 Å². The van der Waals surface area contributed by atoms with Crippen LogP contribution in [0, 0.1) is 0 Å². The van der Waals surface area contributed by atoms with E-state index in [4.69, 9.17) is 8.83 Å². The van der Waals surface area contributed by atoms with Gasteiger partial charge in [-0.15, -0.1) is 0 Å². The molecular formula is C138H99N5O2. The van der Waals surface area contributed by atoms with Crippen molar-refractivity contribution in [2.75, 3.05) is 14.7 Å². The average molecular weight is 1860 g/mol. The van der Waals surface area contributed by atoms with Gasteiger partial charge >= 0.3 is 0 Å². The van der Waals surface area contributed by atoms with Gasteiger partial charge < -0.3 is 32.7 Å². The van der Waals surface area contributed by atoms with E-state index in [1.54, 1.807) is 0 Å². The van der Waals surface area contributed by atoms with Crippen LogP contribution >= 0.6 is 0 Å². The molecule has 0 N–H and O–H groups in total. The van der Waals surface area contributed by atoms with E-state index in [-0.39, 0.29) is 10.8 Å². The molecule has 26 aromatic rings. The molecule has 145 heavy (non-hydrogen) atoms. The maximum absolute atomic E-state index is 6.38. The van der Waals surface area contributed by atoms with Crippen molar-refractivity contribution >= 4 is 139 Å². The van der Waals surface area contributed by atoms with Crippen molar-refractivity contribution in [1.29, 1.82) is 0 Å². The summed E-state index contributed by atoms with van der Waals surface area (Å²) in [5.74, 6) is 0. The molecule has 688 valence electrons. The van der Waals surface area contributed by atoms with Crippen LogP contribution in [0.1, 0.15) is 49.9 Å². The summed E-state index contributed by atoms with van der Waals surface area (Å²) in [5.41, 5.74) is 43.2. The SMILES string of the molecule is CC1(C)c2ccccc2-c2ccc(N(c3ccc(-c4ccccc4)cc3)c3ccc(-c4cccc(-n5c6ccccc6c6ccccc65)c4)cc3)cc21.CC1(C)c2ccccc2-c2ccc(N(c3ccc(-c4ccccc4)cc3)c3ccc(-c4cccc5c4oc4ccccc45)cc3)cc21.c1ccc(N(c2ccc(-c3cccc(-n4c5ccccc5c5ccccc54)c3)cc2)c2ccc3c(c2)oc2ccccc23)cc1. The molecule has 7 heteroatoms. The van der Waals surface area contributed by atoms with Crippen LogP contribution in [-0.2, 0) is 10.8 Å². The zero-order chi connectivity index (χ0) is 96.8. The van der Waals surface area contributed by atoms with Crippen molar-refractivity contribution in [1.82, 2.24) is 9.13 Å². The Hall–Kier alpha value is -18.6. The summed E-state index contributed by atoms with van der Waals surface area (Å²) in [6.45, 7) is 9.38. The molecule has 28 rings (SSSR count). The van der Waals surface area contributed by atoms with Crippen molar-refractivity contribution in [3.8, 4) is 89.3 Å². The number of benzene rings is 22. The predicted octanol–water partition coefficient (Wildman–Crippen LogP) is 38.4. The molecule has 0 radical (unpaired) electrons. The first kappa shape index (κ1) is 86.8. The molecule has 2 aliphatic carbocycles. The van der Waals surface area contributed by atoms with Crippen molar-refractivity contribution in [2.45, 2.75) is 38.5 Å². The number of furan rings is 2. The van der Waals surface area contributed by atoms with Crippen molar-refractivity contribution in [3.05, 3.63) is 550 Å². The Morgan fingerprint density at radius 1 is 0.166 bits per heavy atom. The maximum atomic E-state index is 6.38. The molecule has 7 nitrogen and oxygen atoms in total. The summed E-state index contributed by atoms with van der Waals surface area (Å²) < 4.78 is 17.4. The van der Waals surface area contributed by atoms with E-state index in [9.17, 15) is 0 Å². The minimum Gasteiger partial charge on any atom is -0.456 e. The summed E-state index contributed by atoms with van der Waals surface area (Å²) in [6, 6.07) is 190. The molecular weight excluding hydrogens is 1760 g/mol. The molecule has 0 saturated heterocycles. The monoisotopic (exact) mass is 1860 g/mol. The highest BCUT2D eigenvalue weighted by Gasteiger charge is 2.38. The van der Waals surface area contributed by atoms with Crippen molar-refractivity contribution < 1.29 is 8.83 Å². The first-order valence-electron chi connectivity index (χ1n) is 50.0. The fraction of sp³-hybridized carbons (Fsp3) is 0.0435. The number of anilines is 9. The third-order valence-electron chi connectivity index (χ3n) is 29.9. The van der Waals surface area contributed by atoms with E-state index in [0.29, 0.717) is 0 Å². The molecule has 0 unspecified atom stereocenters. The Kier molecular flexibility index (Phi) is 21.5. The van der Waals surface area contributed by atoms with Gasteiger partial charge in [0.15, 0.2) is 0 Å². The fourth-order valence-corrected chi connectivity index (χ4v) is 22.7. The summed E-state index contributed by atoms with van der Waals surface area (Å²) in [5, 5.41) is 9.63. The molecule has 0 bridgehead atoms. The van der Waals surface area contributed by atoms with E-state index in [1.165, 1.54) is 133 Å². The standard InChI is InChI=1S/C51H38N2.C45H33NO.C42H28N2O/c1-51(2)47-20-9-6-17-43(47)44-32-31-42(34-48(44)51)52(39-27-23-36(24-28-39)35-13-4-3-5-14-35)40-29-25-37(26-30-40)38-15-12-16-41(33-38)53-49-21-10-7-18-45(49)46-19-8-11-22-50(46)53;1-45(2)41-17-8-6-13-37(41)38-28-27-35(29-42(38)45)46(33-23-19-31(20-24-33)30-11-4-3-5-12-30)34-25-21-32(22-26-34)36-15-10-16-40-39-14-7-9-18-43(39)47-44(36)40;1-2-12-31(13-3-1)43(34-25-26-38-37-17-6-9-20-41(37)45-42(38)28-34)32-23-21-29(22-24-32)30-11-10-14-33(27-30)44-39-18-7-4-15-35(39)36-16-5-8-19-40(36)44/h3-34H,1-2H3;3-29H,1-2H3;1-28H. The Balaban J connectivity index is 0.000000111. The number of hydrogen-bond donors (Lipinski definition) is 0. The second-order valence-corrected chi connectivity index (χ2v) is 39.0. The first-order chi connectivity index (χ1) is 71.4. The number of rotatable bonds is 16. The van der Waals surface area contributed by atoms with Crippen LogP contribution < -0.4 is 14.7 Å². The number of fused-ring (bicyclic) bond motifs is 18. The largest absolute Gasteiger partial charge is 0.456 e. The predicted molar refractivity (Wildman–Crippen MR) is 609 cm³/mol.